The van der Waals surface area contributed by atoms with E-state index < -0.39 is 0 Å². The van der Waals surface area contributed by atoms with E-state index in [9.17, 15) is 9.59 Å². The third kappa shape index (κ3) is 5.31. The molecule has 0 saturated carbocycles. The molecular formula is C10H13ClN2O3. The van der Waals surface area contributed by atoms with Crippen LogP contribution in [-0.4, -0.2) is 19.0 Å². The minimum atomic E-state index is -0.386. The van der Waals surface area contributed by atoms with Gasteiger partial charge in [-0.1, -0.05) is 10.7 Å². The molecule has 0 aliphatic carbocycles. The summed E-state index contributed by atoms with van der Waals surface area (Å²) in [6.45, 7) is 0. The molecule has 0 aliphatic rings. The topological polar surface area (TPSA) is 59.3 Å². The lowest BCUT2D eigenvalue weighted by molar-refractivity contribution is -0.642. The van der Waals surface area contributed by atoms with E-state index in [0.717, 1.165) is 0 Å². The van der Waals surface area contributed by atoms with E-state index in [1.54, 1.807) is 24.5 Å². The number of hydrogen-bond donors (Lipinski definition) is 1. The van der Waals surface area contributed by atoms with Gasteiger partial charge in [0, 0.05) is 18.6 Å². The molecular weight excluding hydrogens is 232 g/mol. The first kappa shape index (κ1) is 14.4. The number of hydrogen-bond acceptors (Lipinski definition) is 3. The third-order valence-corrected chi connectivity index (χ3v) is 1.75. The summed E-state index contributed by atoms with van der Waals surface area (Å²) in [5.74, 6) is -0.611. The van der Waals surface area contributed by atoms with Gasteiger partial charge in [-0.05, 0) is 0 Å². The normalized spacial score (nSPS) is 8.81. The van der Waals surface area contributed by atoms with Gasteiger partial charge >= 0.3 is 5.97 Å². The summed E-state index contributed by atoms with van der Waals surface area (Å²) in [6.07, 6.45) is 3.62. The summed E-state index contributed by atoms with van der Waals surface area (Å²) in [6, 6.07) is 5.43. The lowest BCUT2D eigenvalue weighted by atomic mass is 10.3. The van der Waals surface area contributed by atoms with Crippen LogP contribution in [0.5, 0.6) is 0 Å². The number of nitrogens with one attached hydrogen (secondary N) is 1. The van der Waals surface area contributed by atoms with Crippen molar-refractivity contribution < 1.29 is 31.4 Å². The van der Waals surface area contributed by atoms with Crippen molar-refractivity contribution in [1.29, 1.82) is 0 Å². The Morgan fingerprint density at radius 3 is 2.38 bits per heavy atom. The van der Waals surface area contributed by atoms with Crippen molar-refractivity contribution in [2.75, 3.05) is 12.5 Å². The number of carbonyl (C=O) groups is 2. The highest BCUT2D eigenvalue weighted by atomic mass is 35.5. The van der Waals surface area contributed by atoms with Crippen molar-refractivity contribution in [2.45, 2.75) is 12.8 Å². The largest absolute Gasteiger partial charge is 1.00 e. The van der Waals surface area contributed by atoms with Crippen LogP contribution in [0.15, 0.2) is 30.6 Å². The smallest absolute Gasteiger partial charge is 0.306 e. The van der Waals surface area contributed by atoms with E-state index in [-0.39, 0.29) is 37.1 Å². The molecule has 0 fully saturated rings. The molecule has 88 valence electrons. The fraction of sp³-hybridized carbons (Fsp3) is 0.300. The van der Waals surface area contributed by atoms with Crippen molar-refractivity contribution in [3.63, 3.8) is 0 Å². The molecule has 1 aromatic rings. The van der Waals surface area contributed by atoms with Gasteiger partial charge in [-0.2, -0.15) is 0 Å². The summed E-state index contributed by atoms with van der Waals surface area (Å²) < 4.78 is 5.95. The van der Waals surface area contributed by atoms with E-state index in [0.29, 0.717) is 0 Å². The van der Waals surface area contributed by atoms with E-state index >= 15 is 0 Å². The molecule has 0 atom stereocenters. The Hall–Kier alpha value is -1.62. The molecule has 1 heterocycles. The number of esters is 1. The van der Waals surface area contributed by atoms with Crippen molar-refractivity contribution in [3.8, 4) is 0 Å². The highest BCUT2D eigenvalue weighted by Crippen LogP contribution is 1.91. The number of aromatic nitrogens is 1. The maximum Gasteiger partial charge on any atom is 0.306 e. The van der Waals surface area contributed by atoms with Crippen molar-refractivity contribution >= 4 is 11.9 Å². The second-order valence-corrected chi connectivity index (χ2v) is 2.89. The van der Waals surface area contributed by atoms with Crippen LogP contribution in [-0.2, 0) is 14.3 Å². The van der Waals surface area contributed by atoms with Crippen molar-refractivity contribution in [3.05, 3.63) is 30.6 Å². The predicted octanol–water partition coefficient (Wildman–Crippen LogP) is -3.00. The average Bonchev–Trinajstić information content (AvgIpc) is 2.27. The van der Waals surface area contributed by atoms with E-state index in [2.05, 4.69) is 10.2 Å². The lowest BCUT2D eigenvalue weighted by Gasteiger charge is -1.98. The van der Waals surface area contributed by atoms with Gasteiger partial charge in [-0.3, -0.25) is 9.59 Å². The second kappa shape index (κ2) is 7.64. The van der Waals surface area contributed by atoms with Crippen molar-refractivity contribution in [2.24, 2.45) is 0 Å². The van der Waals surface area contributed by atoms with Gasteiger partial charge in [0.15, 0.2) is 12.4 Å². The molecule has 0 bridgehead atoms. The fourth-order valence-corrected chi connectivity index (χ4v) is 0.991. The van der Waals surface area contributed by atoms with E-state index in [1.165, 1.54) is 11.8 Å². The quantitative estimate of drug-likeness (QED) is 0.454. The third-order valence-electron chi connectivity index (χ3n) is 1.75. The van der Waals surface area contributed by atoms with Crippen LogP contribution >= 0.6 is 0 Å². The Bertz CT molecular complexity index is 343. The Balaban J connectivity index is 0.00000225. The Kier molecular flexibility index (Phi) is 6.87. The number of carbonyl (C=O) groups excluding carboxylic acids is 2. The number of halogens is 1. The number of nitrogens with zero attached hydrogens (tertiary/aromatic N) is 1. The van der Waals surface area contributed by atoms with Crippen LogP contribution in [0.4, 0.5) is 0 Å². The Morgan fingerprint density at radius 2 is 1.81 bits per heavy atom. The zero-order chi connectivity index (χ0) is 11.1. The number of rotatable bonds is 4. The molecule has 1 rings (SSSR count). The molecule has 0 aliphatic heterocycles. The molecule has 5 nitrogen and oxygen atoms in total. The molecule has 0 saturated heterocycles. The van der Waals surface area contributed by atoms with Crippen LogP contribution < -0.4 is 22.5 Å². The first-order valence-corrected chi connectivity index (χ1v) is 4.55. The summed E-state index contributed by atoms with van der Waals surface area (Å²) in [5, 5.41) is 0. The minimum absolute atomic E-state index is 0. The molecule has 0 aromatic carbocycles. The monoisotopic (exact) mass is 244 g/mol. The predicted molar refractivity (Wildman–Crippen MR) is 52.3 cm³/mol. The van der Waals surface area contributed by atoms with Gasteiger partial charge in [0.1, 0.15) is 0 Å². The number of ether oxygens (including phenoxy) is 1. The molecule has 1 N–H and O–H groups in total. The first-order chi connectivity index (χ1) is 7.22. The highest BCUT2D eigenvalue weighted by molar-refractivity contribution is 5.85. The molecule has 6 heteroatoms. The molecule has 16 heavy (non-hydrogen) atoms. The Morgan fingerprint density at radius 1 is 1.19 bits per heavy atom. The van der Waals surface area contributed by atoms with Gasteiger partial charge in [-0.25, -0.2) is 0 Å². The summed E-state index contributed by atoms with van der Waals surface area (Å²) in [5.41, 5.74) is 2.59. The molecule has 0 radical (unpaired) electrons. The zero-order valence-electron chi connectivity index (χ0n) is 8.85. The number of methoxy groups -OCH3 is 1. The average molecular weight is 245 g/mol. The first-order valence-electron chi connectivity index (χ1n) is 4.55. The number of amides is 1. The van der Waals surface area contributed by atoms with E-state index in [4.69, 9.17) is 0 Å². The second-order valence-electron chi connectivity index (χ2n) is 2.89. The molecule has 1 aromatic heterocycles. The summed E-state index contributed by atoms with van der Waals surface area (Å²) in [4.78, 5) is 22.1. The van der Waals surface area contributed by atoms with Gasteiger partial charge < -0.3 is 17.1 Å². The molecule has 0 spiro atoms. The van der Waals surface area contributed by atoms with Crippen LogP contribution in [0, 0.1) is 0 Å². The van der Waals surface area contributed by atoms with Crippen LogP contribution in [0.2, 0.25) is 0 Å². The van der Waals surface area contributed by atoms with Gasteiger partial charge in [0.05, 0.1) is 13.5 Å². The van der Waals surface area contributed by atoms with Crippen LogP contribution in [0.25, 0.3) is 0 Å². The van der Waals surface area contributed by atoms with Gasteiger partial charge in [0.25, 0.3) is 5.91 Å². The van der Waals surface area contributed by atoms with E-state index in [1.807, 2.05) is 6.07 Å². The van der Waals surface area contributed by atoms with Gasteiger partial charge in [-0.15, -0.1) is 5.43 Å². The van der Waals surface area contributed by atoms with Crippen LogP contribution in [0.3, 0.4) is 0 Å². The zero-order valence-corrected chi connectivity index (χ0v) is 9.61. The summed E-state index contributed by atoms with van der Waals surface area (Å²) >= 11 is 0. The minimum Gasteiger partial charge on any atom is -1.00 e. The number of pyridine rings is 1. The SMILES string of the molecule is COC(=O)CCC(=O)N[n+]1ccccc1.[Cl-]. The lowest BCUT2D eigenvalue weighted by Crippen LogP contribution is -3.00. The molecule has 0 unspecified atom stereocenters. The van der Waals surface area contributed by atoms with Crippen molar-refractivity contribution in [1.82, 2.24) is 0 Å². The Labute approximate surface area is 99.8 Å². The standard InChI is InChI=1S/C10H12N2O3.ClH/c1-15-10(14)6-5-9(13)11-12-7-3-2-4-8-12;/h2-4,7-8H,5-6H2,1H3;1H. The fourth-order valence-electron chi connectivity index (χ4n) is 0.991. The maximum absolute atomic E-state index is 11.3. The highest BCUT2D eigenvalue weighted by Gasteiger charge is 2.09. The van der Waals surface area contributed by atoms with Gasteiger partial charge in [0.2, 0.25) is 0 Å². The molecule has 1 amide bonds. The maximum atomic E-state index is 11.3. The summed E-state index contributed by atoms with van der Waals surface area (Å²) in [7, 11) is 1.30. The van der Waals surface area contributed by atoms with Crippen LogP contribution in [0.1, 0.15) is 12.8 Å².